The molecule has 0 radical (unpaired) electrons. The van der Waals surface area contributed by atoms with E-state index in [0.29, 0.717) is 24.5 Å². The van der Waals surface area contributed by atoms with Crippen molar-refractivity contribution in [2.24, 2.45) is 5.92 Å². The standard InChI is InChI=1S/C15H30N2O2/c1-11(2)9-17(12(3)4)10-15(5,14(18)19-6)16-13-7-8-13/h11-13,16H,7-10H2,1-6H3. The van der Waals surface area contributed by atoms with Gasteiger partial charge in [0.15, 0.2) is 0 Å². The zero-order chi connectivity index (χ0) is 14.6. The second kappa shape index (κ2) is 6.71. The van der Waals surface area contributed by atoms with Gasteiger partial charge in [-0.15, -0.1) is 0 Å². The number of nitrogens with one attached hydrogen (secondary N) is 1. The van der Waals surface area contributed by atoms with Gasteiger partial charge in [-0.1, -0.05) is 13.8 Å². The van der Waals surface area contributed by atoms with Gasteiger partial charge in [-0.25, -0.2) is 0 Å². The van der Waals surface area contributed by atoms with Crippen LogP contribution in [0.2, 0.25) is 0 Å². The molecule has 0 amide bonds. The largest absolute Gasteiger partial charge is 0.468 e. The Balaban J connectivity index is 2.74. The first kappa shape index (κ1) is 16.4. The van der Waals surface area contributed by atoms with Crippen LogP contribution in [0.15, 0.2) is 0 Å². The predicted octanol–water partition coefficient (Wildman–Crippen LogP) is 2.04. The number of hydrogen-bond acceptors (Lipinski definition) is 4. The fourth-order valence-corrected chi connectivity index (χ4v) is 2.41. The maximum atomic E-state index is 12.1. The quantitative estimate of drug-likeness (QED) is 0.685. The minimum Gasteiger partial charge on any atom is -0.468 e. The SMILES string of the molecule is COC(=O)C(C)(CN(CC(C)C)C(C)C)NC1CC1. The van der Waals surface area contributed by atoms with Crippen LogP contribution in [0.25, 0.3) is 0 Å². The predicted molar refractivity (Wildman–Crippen MR) is 78.1 cm³/mol. The summed E-state index contributed by atoms with van der Waals surface area (Å²) in [5.41, 5.74) is -0.602. The number of ether oxygens (including phenoxy) is 1. The average molecular weight is 270 g/mol. The summed E-state index contributed by atoms with van der Waals surface area (Å²) in [6.07, 6.45) is 2.33. The highest BCUT2D eigenvalue weighted by molar-refractivity contribution is 5.80. The number of esters is 1. The summed E-state index contributed by atoms with van der Waals surface area (Å²) in [5, 5.41) is 3.46. The van der Waals surface area contributed by atoms with Gasteiger partial charge in [-0.05, 0) is 39.5 Å². The highest BCUT2D eigenvalue weighted by atomic mass is 16.5. The van der Waals surface area contributed by atoms with Gasteiger partial charge >= 0.3 is 5.97 Å². The van der Waals surface area contributed by atoms with Crippen molar-refractivity contribution in [3.63, 3.8) is 0 Å². The Morgan fingerprint density at radius 2 is 1.95 bits per heavy atom. The van der Waals surface area contributed by atoms with Gasteiger partial charge in [0.05, 0.1) is 7.11 Å². The third-order valence-electron chi connectivity index (χ3n) is 3.59. The van der Waals surface area contributed by atoms with E-state index in [1.807, 2.05) is 6.92 Å². The van der Waals surface area contributed by atoms with Crippen molar-refractivity contribution >= 4 is 5.97 Å². The summed E-state index contributed by atoms with van der Waals surface area (Å²) in [5.74, 6) is 0.430. The van der Waals surface area contributed by atoms with Gasteiger partial charge in [0.2, 0.25) is 0 Å². The van der Waals surface area contributed by atoms with Gasteiger partial charge in [-0.2, -0.15) is 0 Å². The van der Waals surface area contributed by atoms with Gasteiger partial charge in [0, 0.05) is 25.2 Å². The molecule has 0 aromatic heterocycles. The van der Waals surface area contributed by atoms with Crippen LogP contribution >= 0.6 is 0 Å². The topological polar surface area (TPSA) is 41.6 Å². The lowest BCUT2D eigenvalue weighted by molar-refractivity contribution is -0.149. The van der Waals surface area contributed by atoms with Crippen LogP contribution < -0.4 is 5.32 Å². The van der Waals surface area contributed by atoms with Crippen molar-refractivity contribution in [2.75, 3.05) is 20.2 Å². The third-order valence-corrected chi connectivity index (χ3v) is 3.59. The van der Waals surface area contributed by atoms with E-state index >= 15 is 0 Å². The van der Waals surface area contributed by atoms with Crippen molar-refractivity contribution in [1.82, 2.24) is 10.2 Å². The molecule has 19 heavy (non-hydrogen) atoms. The summed E-state index contributed by atoms with van der Waals surface area (Å²) < 4.78 is 5.00. The minimum atomic E-state index is -0.602. The van der Waals surface area contributed by atoms with Crippen LogP contribution in [0.4, 0.5) is 0 Å². The molecule has 4 nitrogen and oxygen atoms in total. The Labute approximate surface area is 117 Å². The highest BCUT2D eigenvalue weighted by Crippen LogP contribution is 2.24. The summed E-state index contributed by atoms with van der Waals surface area (Å²) in [6.45, 7) is 12.4. The normalized spacial score (nSPS) is 19.0. The fraction of sp³-hybridized carbons (Fsp3) is 0.933. The van der Waals surface area contributed by atoms with E-state index < -0.39 is 5.54 Å². The number of nitrogens with zero attached hydrogens (tertiary/aromatic N) is 1. The molecule has 0 aromatic rings. The van der Waals surface area contributed by atoms with Gasteiger partial charge in [0.25, 0.3) is 0 Å². The molecular weight excluding hydrogens is 240 g/mol. The monoisotopic (exact) mass is 270 g/mol. The third kappa shape index (κ3) is 5.11. The molecule has 1 saturated carbocycles. The van der Waals surface area contributed by atoms with E-state index in [1.165, 1.54) is 20.0 Å². The van der Waals surface area contributed by atoms with Gasteiger partial charge in [-0.3, -0.25) is 15.0 Å². The van der Waals surface area contributed by atoms with Crippen LogP contribution in [0, 0.1) is 5.92 Å². The summed E-state index contributed by atoms with van der Waals surface area (Å²) in [4.78, 5) is 14.5. The van der Waals surface area contributed by atoms with Crippen LogP contribution in [0.1, 0.15) is 47.5 Å². The molecule has 1 atom stereocenters. The number of carbonyl (C=O) groups excluding carboxylic acids is 1. The van der Waals surface area contributed by atoms with E-state index in [0.717, 1.165) is 6.54 Å². The summed E-state index contributed by atoms with van der Waals surface area (Å²) in [6, 6.07) is 0.907. The van der Waals surface area contributed by atoms with Crippen molar-refractivity contribution in [1.29, 1.82) is 0 Å². The first-order valence-corrected chi connectivity index (χ1v) is 7.38. The average Bonchev–Trinajstić information content (AvgIpc) is 3.09. The molecule has 0 aliphatic heterocycles. The first-order chi connectivity index (χ1) is 8.78. The Hall–Kier alpha value is -0.610. The van der Waals surface area contributed by atoms with Crippen molar-refractivity contribution in [3.05, 3.63) is 0 Å². The van der Waals surface area contributed by atoms with E-state index in [-0.39, 0.29) is 5.97 Å². The zero-order valence-corrected chi connectivity index (χ0v) is 13.3. The van der Waals surface area contributed by atoms with Crippen molar-refractivity contribution < 1.29 is 9.53 Å². The Bertz CT molecular complexity index is 301. The smallest absolute Gasteiger partial charge is 0.327 e. The lowest BCUT2D eigenvalue weighted by Crippen LogP contribution is -2.59. The van der Waals surface area contributed by atoms with Gasteiger partial charge in [0.1, 0.15) is 5.54 Å². The van der Waals surface area contributed by atoms with Crippen molar-refractivity contribution in [2.45, 2.75) is 65.1 Å². The summed E-state index contributed by atoms with van der Waals surface area (Å²) >= 11 is 0. The van der Waals surface area contributed by atoms with Crippen LogP contribution in [0.5, 0.6) is 0 Å². The van der Waals surface area contributed by atoms with Crippen LogP contribution in [-0.2, 0) is 9.53 Å². The molecular formula is C15H30N2O2. The fourth-order valence-electron chi connectivity index (χ4n) is 2.41. The second-order valence-electron chi connectivity index (χ2n) is 6.66. The van der Waals surface area contributed by atoms with Crippen LogP contribution in [-0.4, -0.2) is 48.7 Å². The molecule has 0 spiro atoms. The van der Waals surface area contributed by atoms with E-state index in [9.17, 15) is 4.79 Å². The summed E-state index contributed by atoms with van der Waals surface area (Å²) in [7, 11) is 1.47. The molecule has 1 aliphatic rings. The number of carbonyl (C=O) groups is 1. The zero-order valence-electron chi connectivity index (χ0n) is 13.3. The Morgan fingerprint density at radius 3 is 2.32 bits per heavy atom. The molecule has 4 heteroatoms. The maximum absolute atomic E-state index is 12.1. The molecule has 1 fully saturated rings. The Morgan fingerprint density at radius 1 is 1.37 bits per heavy atom. The lowest BCUT2D eigenvalue weighted by atomic mass is 9.99. The number of methoxy groups -OCH3 is 1. The number of hydrogen-bond donors (Lipinski definition) is 1. The molecule has 0 aromatic carbocycles. The van der Waals surface area contributed by atoms with Crippen LogP contribution in [0.3, 0.4) is 0 Å². The first-order valence-electron chi connectivity index (χ1n) is 7.38. The Kier molecular flexibility index (Phi) is 5.81. The lowest BCUT2D eigenvalue weighted by Gasteiger charge is -2.37. The second-order valence-corrected chi connectivity index (χ2v) is 6.66. The van der Waals surface area contributed by atoms with Crippen molar-refractivity contribution in [3.8, 4) is 0 Å². The minimum absolute atomic E-state index is 0.159. The van der Waals surface area contributed by atoms with E-state index in [1.54, 1.807) is 0 Å². The highest BCUT2D eigenvalue weighted by Gasteiger charge is 2.41. The van der Waals surface area contributed by atoms with Gasteiger partial charge < -0.3 is 4.74 Å². The maximum Gasteiger partial charge on any atom is 0.327 e. The molecule has 0 bridgehead atoms. The molecule has 112 valence electrons. The molecule has 1 unspecified atom stereocenters. The van der Waals surface area contributed by atoms with E-state index in [4.69, 9.17) is 4.74 Å². The molecule has 0 heterocycles. The molecule has 1 rings (SSSR count). The molecule has 0 saturated heterocycles. The number of rotatable bonds is 8. The molecule has 1 N–H and O–H groups in total. The van der Waals surface area contributed by atoms with E-state index in [2.05, 4.69) is 37.9 Å². The molecule has 1 aliphatic carbocycles.